The Balaban J connectivity index is 2.22. The van der Waals surface area contributed by atoms with Crippen molar-refractivity contribution < 1.29 is 0 Å². The molecule has 1 aromatic rings. The van der Waals surface area contributed by atoms with E-state index in [0.29, 0.717) is 11.5 Å². The van der Waals surface area contributed by atoms with Gasteiger partial charge in [0.25, 0.3) is 0 Å². The minimum absolute atomic E-state index is 0.572. The first kappa shape index (κ1) is 7.83. The maximum atomic E-state index is 8.61. The van der Waals surface area contributed by atoms with Crippen LogP contribution in [-0.2, 0) is 0 Å². The van der Waals surface area contributed by atoms with E-state index in [4.69, 9.17) is 5.26 Å². The zero-order valence-corrected chi connectivity index (χ0v) is 7.12. The maximum Gasteiger partial charge on any atom is 0.101 e. The first-order valence-electron chi connectivity index (χ1n) is 4.25. The number of nitriles is 1. The fraction of sp³-hybridized carbons (Fsp3) is 0.273. The second-order valence-electron chi connectivity index (χ2n) is 3.12. The highest BCUT2D eigenvalue weighted by Gasteiger charge is 2.17. The van der Waals surface area contributed by atoms with Gasteiger partial charge in [0.1, 0.15) is 6.07 Å². The van der Waals surface area contributed by atoms with Gasteiger partial charge >= 0.3 is 0 Å². The summed E-state index contributed by atoms with van der Waals surface area (Å²) in [6.07, 6.45) is 5.68. The molecule has 1 aromatic heterocycles. The van der Waals surface area contributed by atoms with Crippen molar-refractivity contribution in [2.45, 2.75) is 12.8 Å². The molecule has 0 amide bonds. The fourth-order valence-corrected chi connectivity index (χ4v) is 0.983. The molecule has 0 N–H and O–H groups in total. The second-order valence-corrected chi connectivity index (χ2v) is 3.12. The number of nitrogens with zero attached hydrogens (tertiary/aromatic N) is 2. The van der Waals surface area contributed by atoms with Gasteiger partial charge in [-0.05, 0) is 18.9 Å². The first-order valence-corrected chi connectivity index (χ1v) is 4.25. The van der Waals surface area contributed by atoms with Crippen LogP contribution in [0.3, 0.4) is 0 Å². The van der Waals surface area contributed by atoms with Crippen molar-refractivity contribution >= 4 is 0 Å². The highest BCUT2D eigenvalue weighted by atomic mass is 14.6. The van der Waals surface area contributed by atoms with Crippen LogP contribution in [-0.4, -0.2) is 4.98 Å². The zero-order chi connectivity index (χ0) is 9.10. The normalized spacial score (nSPS) is 14.1. The van der Waals surface area contributed by atoms with Crippen molar-refractivity contribution in [1.82, 2.24) is 4.98 Å². The molecule has 1 saturated carbocycles. The van der Waals surface area contributed by atoms with E-state index in [9.17, 15) is 0 Å². The van der Waals surface area contributed by atoms with Crippen molar-refractivity contribution in [2.24, 2.45) is 5.92 Å². The predicted octanol–water partition coefficient (Wildman–Crippen LogP) is 1.71. The summed E-state index contributed by atoms with van der Waals surface area (Å²) in [5, 5.41) is 8.61. The van der Waals surface area contributed by atoms with Crippen molar-refractivity contribution in [3.05, 3.63) is 29.6 Å². The van der Waals surface area contributed by atoms with Gasteiger partial charge in [-0.2, -0.15) is 5.26 Å². The number of aromatic nitrogens is 1. The third-order valence-electron chi connectivity index (χ3n) is 1.87. The minimum atomic E-state index is 0.572. The van der Waals surface area contributed by atoms with Gasteiger partial charge < -0.3 is 0 Å². The first-order chi connectivity index (χ1) is 6.38. The molecule has 0 saturated heterocycles. The van der Waals surface area contributed by atoms with E-state index in [1.54, 1.807) is 18.5 Å². The van der Waals surface area contributed by atoms with Gasteiger partial charge in [0.2, 0.25) is 0 Å². The molecule has 1 aliphatic carbocycles. The highest BCUT2D eigenvalue weighted by Crippen LogP contribution is 2.27. The maximum absolute atomic E-state index is 8.61. The summed E-state index contributed by atoms with van der Waals surface area (Å²) >= 11 is 0. The van der Waals surface area contributed by atoms with Gasteiger partial charge in [-0.15, -0.1) is 0 Å². The molecule has 62 valence electrons. The van der Waals surface area contributed by atoms with Crippen molar-refractivity contribution in [1.29, 1.82) is 5.26 Å². The van der Waals surface area contributed by atoms with Crippen LogP contribution in [0.25, 0.3) is 0 Å². The van der Waals surface area contributed by atoms with Gasteiger partial charge in [0.15, 0.2) is 0 Å². The monoisotopic (exact) mass is 168 g/mol. The summed E-state index contributed by atoms with van der Waals surface area (Å²) in [5.41, 5.74) is 1.41. The Labute approximate surface area is 77.2 Å². The molecule has 0 aromatic carbocycles. The quantitative estimate of drug-likeness (QED) is 0.553. The average Bonchev–Trinajstić information content (AvgIpc) is 2.99. The smallest absolute Gasteiger partial charge is 0.101 e. The standard InChI is InChI=1S/C11H8N2/c12-6-11-5-10(7-13-8-11)4-3-9-1-2-9/h5,7-9H,1-2H2. The van der Waals surface area contributed by atoms with E-state index in [1.807, 2.05) is 6.07 Å². The molecule has 1 heterocycles. The molecule has 13 heavy (non-hydrogen) atoms. The van der Waals surface area contributed by atoms with Crippen molar-refractivity contribution in [2.75, 3.05) is 0 Å². The topological polar surface area (TPSA) is 36.7 Å². The van der Waals surface area contributed by atoms with Crippen LogP contribution in [0.2, 0.25) is 0 Å². The zero-order valence-electron chi connectivity index (χ0n) is 7.12. The molecule has 0 radical (unpaired) electrons. The molecule has 0 aliphatic heterocycles. The van der Waals surface area contributed by atoms with E-state index >= 15 is 0 Å². The number of hydrogen-bond acceptors (Lipinski definition) is 2. The van der Waals surface area contributed by atoms with E-state index in [0.717, 1.165) is 5.56 Å². The molecule has 0 atom stereocenters. The van der Waals surface area contributed by atoms with Gasteiger partial charge in [-0.25, -0.2) is 0 Å². The molecule has 0 unspecified atom stereocenters. The number of rotatable bonds is 0. The van der Waals surface area contributed by atoms with Crippen LogP contribution in [0.5, 0.6) is 0 Å². The Morgan fingerprint density at radius 1 is 1.31 bits per heavy atom. The molecule has 0 spiro atoms. The molecule has 2 heteroatoms. The third kappa shape index (κ3) is 2.07. The van der Waals surface area contributed by atoms with Crippen molar-refractivity contribution in [3.8, 4) is 17.9 Å². The van der Waals surface area contributed by atoms with Crippen LogP contribution in [0.1, 0.15) is 24.0 Å². The van der Waals surface area contributed by atoms with Gasteiger partial charge in [-0.3, -0.25) is 4.98 Å². The minimum Gasteiger partial charge on any atom is -0.262 e. The highest BCUT2D eigenvalue weighted by molar-refractivity contribution is 5.39. The molecule has 0 bridgehead atoms. The second kappa shape index (κ2) is 3.29. The summed E-state index contributed by atoms with van der Waals surface area (Å²) in [5.74, 6) is 6.73. The lowest BCUT2D eigenvalue weighted by atomic mass is 10.2. The van der Waals surface area contributed by atoms with Gasteiger partial charge in [-0.1, -0.05) is 11.8 Å². The van der Waals surface area contributed by atoms with Crippen LogP contribution in [0, 0.1) is 29.1 Å². The Morgan fingerprint density at radius 3 is 2.77 bits per heavy atom. The summed E-state index contributed by atoms with van der Waals surface area (Å²) in [7, 11) is 0. The molecule has 1 fully saturated rings. The van der Waals surface area contributed by atoms with Crippen LogP contribution in [0.15, 0.2) is 18.5 Å². The third-order valence-corrected chi connectivity index (χ3v) is 1.87. The van der Waals surface area contributed by atoms with E-state index < -0.39 is 0 Å². The van der Waals surface area contributed by atoms with Crippen LogP contribution in [0.4, 0.5) is 0 Å². The van der Waals surface area contributed by atoms with E-state index in [2.05, 4.69) is 16.8 Å². The molecule has 2 rings (SSSR count). The summed E-state index contributed by atoms with van der Waals surface area (Å²) in [6, 6.07) is 3.81. The van der Waals surface area contributed by atoms with E-state index in [-0.39, 0.29) is 0 Å². The molecule has 2 nitrogen and oxygen atoms in total. The summed E-state index contributed by atoms with van der Waals surface area (Å²) in [6.45, 7) is 0. The SMILES string of the molecule is N#Cc1cncc(C#CC2CC2)c1. The van der Waals surface area contributed by atoms with Gasteiger partial charge in [0.05, 0.1) is 5.56 Å². The molecular formula is C11H8N2. The lowest BCUT2D eigenvalue weighted by Gasteiger charge is -1.88. The predicted molar refractivity (Wildman–Crippen MR) is 48.6 cm³/mol. The fourth-order valence-electron chi connectivity index (χ4n) is 0.983. The van der Waals surface area contributed by atoms with E-state index in [1.165, 1.54) is 12.8 Å². The number of hydrogen-bond donors (Lipinski definition) is 0. The largest absolute Gasteiger partial charge is 0.262 e. The summed E-state index contributed by atoms with van der Waals surface area (Å²) in [4.78, 5) is 3.93. The van der Waals surface area contributed by atoms with Crippen LogP contribution >= 0.6 is 0 Å². The van der Waals surface area contributed by atoms with Crippen LogP contribution < -0.4 is 0 Å². The molecule has 1 aliphatic rings. The Hall–Kier alpha value is -1.80. The number of pyridine rings is 1. The Kier molecular flexibility index (Phi) is 1.98. The molecular weight excluding hydrogens is 160 g/mol. The lowest BCUT2D eigenvalue weighted by molar-refractivity contribution is 1.18. The van der Waals surface area contributed by atoms with Gasteiger partial charge in [0, 0.05) is 23.9 Å². The Morgan fingerprint density at radius 2 is 2.08 bits per heavy atom. The van der Waals surface area contributed by atoms with Crippen molar-refractivity contribution in [3.63, 3.8) is 0 Å². The Bertz CT molecular complexity index is 414. The lowest BCUT2D eigenvalue weighted by Crippen LogP contribution is -1.81. The summed E-state index contributed by atoms with van der Waals surface area (Å²) < 4.78 is 0. The average molecular weight is 168 g/mol.